The molecule has 1 fully saturated rings. The molecule has 0 atom stereocenters. The minimum Gasteiger partial charge on any atom is -0.493 e. The van der Waals surface area contributed by atoms with Gasteiger partial charge >= 0.3 is 6.03 Å². The van der Waals surface area contributed by atoms with E-state index in [4.69, 9.17) is 21.1 Å². The Balaban J connectivity index is 2.21. The molecule has 0 bridgehead atoms. The Labute approximate surface area is 117 Å². The third-order valence-corrected chi connectivity index (χ3v) is 3.30. The van der Waals surface area contributed by atoms with Gasteiger partial charge < -0.3 is 14.4 Å². The molecule has 1 aromatic rings. The standard InChI is InChI=1S/C13H17ClN2O3/c1-18-11-4-3-10(9-12(11)19-2)16-8-7-15(6-5-14)13(16)17/h3-4,9H,5-8H2,1-2H3. The summed E-state index contributed by atoms with van der Waals surface area (Å²) in [5.74, 6) is 1.71. The van der Waals surface area contributed by atoms with Crippen LogP contribution in [0.15, 0.2) is 18.2 Å². The van der Waals surface area contributed by atoms with Gasteiger partial charge in [0.15, 0.2) is 11.5 Å². The Kier molecular flexibility index (Phi) is 4.37. The summed E-state index contributed by atoms with van der Waals surface area (Å²) in [6.45, 7) is 1.93. The molecule has 1 heterocycles. The minimum atomic E-state index is -0.0205. The summed E-state index contributed by atoms with van der Waals surface area (Å²) in [5.41, 5.74) is 0.805. The number of carbonyl (C=O) groups excluding carboxylic acids is 1. The van der Waals surface area contributed by atoms with Crippen molar-refractivity contribution < 1.29 is 14.3 Å². The number of hydrogen-bond donors (Lipinski definition) is 0. The van der Waals surface area contributed by atoms with Crippen molar-refractivity contribution in [2.45, 2.75) is 0 Å². The van der Waals surface area contributed by atoms with Gasteiger partial charge in [-0.25, -0.2) is 4.79 Å². The van der Waals surface area contributed by atoms with E-state index in [0.29, 0.717) is 37.0 Å². The number of ether oxygens (including phenoxy) is 2. The second-order valence-corrected chi connectivity index (χ2v) is 4.53. The predicted molar refractivity (Wildman–Crippen MR) is 74.6 cm³/mol. The number of hydrogen-bond acceptors (Lipinski definition) is 3. The third-order valence-electron chi connectivity index (χ3n) is 3.13. The number of benzene rings is 1. The summed E-state index contributed by atoms with van der Waals surface area (Å²) in [6.07, 6.45) is 0. The maximum absolute atomic E-state index is 12.2. The molecular formula is C13H17ClN2O3. The Morgan fingerprint density at radius 2 is 1.95 bits per heavy atom. The van der Waals surface area contributed by atoms with Gasteiger partial charge in [-0.15, -0.1) is 11.6 Å². The van der Waals surface area contributed by atoms with Crippen LogP contribution in [0.25, 0.3) is 0 Å². The van der Waals surface area contributed by atoms with Gasteiger partial charge in [0.1, 0.15) is 0 Å². The first kappa shape index (κ1) is 13.8. The SMILES string of the molecule is COc1ccc(N2CCN(CCCl)C2=O)cc1OC. The quantitative estimate of drug-likeness (QED) is 0.779. The summed E-state index contributed by atoms with van der Waals surface area (Å²) < 4.78 is 10.4. The second-order valence-electron chi connectivity index (χ2n) is 4.15. The Bertz CT molecular complexity index is 467. The van der Waals surface area contributed by atoms with E-state index < -0.39 is 0 Å². The monoisotopic (exact) mass is 284 g/mol. The average Bonchev–Trinajstić information content (AvgIpc) is 2.80. The summed E-state index contributed by atoms with van der Waals surface area (Å²) in [4.78, 5) is 15.6. The van der Waals surface area contributed by atoms with Gasteiger partial charge in [0.05, 0.1) is 14.2 Å². The molecule has 5 nitrogen and oxygen atoms in total. The highest BCUT2D eigenvalue weighted by atomic mass is 35.5. The van der Waals surface area contributed by atoms with Crippen LogP contribution in [0.5, 0.6) is 11.5 Å². The molecule has 1 aromatic carbocycles. The zero-order valence-corrected chi connectivity index (χ0v) is 11.8. The van der Waals surface area contributed by atoms with Gasteiger partial charge in [0.2, 0.25) is 0 Å². The van der Waals surface area contributed by atoms with Crippen LogP contribution in [0.3, 0.4) is 0 Å². The highest BCUT2D eigenvalue weighted by Gasteiger charge is 2.29. The van der Waals surface area contributed by atoms with Crippen LogP contribution in [-0.4, -0.2) is 50.7 Å². The number of nitrogens with zero attached hydrogens (tertiary/aromatic N) is 2. The van der Waals surface area contributed by atoms with Crippen molar-refractivity contribution in [2.24, 2.45) is 0 Å². The lowest BCUT2D eigenvalue weighted by Gasteiger charge is -2.19. The van der Waals surface area contributed by atoms with E-state index in [1.165, 1.54) is 0 Å². The molecule has 0 N–H and O–H groups in total. The second kappa shape index (κ2) is 6.02. The molecule has 0 unspecified atom stereocenters. The first-order valence-corrected chi connectivity index (χ1v) is 6.59. The van der Waals surface area contributed by atoms with E-state index in [1.807, 2.05) is 6.07 Å². The molecule has 19 heavy (non-hydrogen) atoms. The van der Waals surface area contributed by atoms with Crippen molar-refractivity contribution in [2.75, 3.05) is 44.6 Å². The van der Waals surface area contributed by atoms with E-state index >= 15 is 0 Å². The Morgan fingerprint density at radius 3 is 2.58 bits per heavy atom. The number of amides is 2. The third kappa shape index (κ3) is 2.71. The number of anilines is 1. The summed E-state index contributed by atoms with van der Waals surface area (Å²) >= 11 is 5.68. The van der Waals surface area contributed by atoms with E-state index in [-0.39, 0.29) is 6.03 Å². The van der Waals surface area contributed by atoms with E-state index in [0.717, 1.165) is 5.69 Å². The number of rotatable bonds is 5. The number of urea groups is 1. The van der Waals surface area contributed by atoms with Crippen molar-refractivity contribution in [3.8, 4) is 11.5 Å². The van der Waals surface area contributed by atoms with Gasteiger partial charge in [-0.2, -0.15) is 0 Å². The molecule has 0 radical (unpaired) electrons. The lowest BCUT2D eigenvalue weighted by atomic mass is 10.2. The maximum Gasteiger partial charge on any atom is 0.324 e. The van der Waals surface area contributed by atoms with Crippen molar-refractivity contribution in [1.29, 1.82) is 0 Å². The van der Waals surface area contributed by atoms with Gasteiger partial charge in [0.25, 0.3) is 0 Å². The van der Waals surface area contributed by atoms with Crippen LogP contribution in [-0.2, 0) is 0 Å². The predicted octanol–water partition coefficient (Wildman–Crippen LogP) is 2.18. The molecule has 104 valence electrons. The number of carbonyl (C=O) groups is 1. The Morgan fingerprint density at radius 1 is 1.21 bits per heavy atom. The molecule has 2 rings (SSSR count). The lowest BCUT2D eigenvalue weighted by Crippen LogP contribution is -2.32. The molecule has 1 aliphatic rings. The Hall–Kier alpha value is -1.62. The van der Waals surface area contributed by atoms with Crippen LogP contribution in [0.4, 0.5) is 10.5 Å². The maximum atomic E-state index is 12.2. The first-order valence-electron chi connectivity index (χ1n) is 6.05. The van der Waals surface area contributed by atoms with Crippen molar-refractivity contribution in [3.05, 3.63) is 18.2 Å². The van der Waals surface area contributed by atoms with Crippen molar-refractivity contribution >= 4 is 23.3 Å². The van der Waals surface area contributed by atoms with Gasteiger partial charge in [0, 0.05) is 37.3 Å². The number of alkyl halides is 1. The van der Waals surface area contributed by atoms with E-state index in [9.17, 15) is 4.79 Å². The fourth-order valence-corrected chi connectivity index (χ4v) is 2.33. The fourth-order valence-electron chi connectivity index (χ4n) is 2.12. The highest BCUT2D eigenvalue weighted by Crippen LogP contribution is 2.32. The lowest BCUT2D eigenvalue weighted by molar-refractivity contribution is 0.223. The van der Waals surface area contributed by atoms with Crippen molar-refractivity contribution in [3.63, 3.8) is 0 Å². The van der Waals surface area contributed by atoms with Crippen LogP contribution in [0.1, 0.15) is 0 Å². The summed E-state index contributed by atoms with van der Waals surface area (Å²) in [5, 5.41) is 0. The molecule has 0 saturated carbocycles. The molecule has 0 aliphatic carbocycles. The number of methoxy groups -OCH3 is 2. The minimum absolute atomic E-state index is 0.0205. The molecular weight excluding hydrogens is 268 g/mol. The normalized spacial score (nSPS) is 15.0. The summed E-state index contributed by atoms with van der Waals surface area (Å²) in [6, 6.07) is 5.43. The van der Waals surface area contributed by atoms with Crippen LogP contribution in [0, 0.1) is 0 Å². The highest BCUT2D eigenvalue weighted by molar-refractivity contribution is 6.18. The summed E-state index contributed by atoms with van der Waals surface area (Å²) in [7, 11) is 3.16. The molecule has 0 spiro atoms. The average molecular weight is 285 g/mol. The van der Waals surface area contributed by atoms with Gasteiger partial charge in [-0.3, -0.25) is 4.90 Å². The smallest absolute Gasteiger partial charge is 0.324 e. The van der Waals surface area contributed by atoms with Crippen LogP contribution >= 0.6 is 11.6 Å². The van der Waals surface area contributed by atoms with Crippen molar-refractivity contribution in [1.82, 2.24) is 4.90 Å². The molecule has 1 aliphatic heterocycles. The van der Waals surface area contributed by atoms with E-state index in [1.54, 1.807) is 36.2 Å². The largest absolute Gasteiger partial charge is 0.493 e. The van der Waals surface area contributed by atoms with Crippen LogP contribution in [0.2, 0.25) is 0 Å². The molecule has 1 saturated heterocycles. The zero-order chi connectivity index (χ0) is 13.8. The fraction of sp³-hybridized carbons (Fsp3) is 0.462. The van der Waals surface area contributed by atoms with Crippen LogP contribution < -0.4 is 14.4 Å². The number of halogens is 1. The zero-order valence-electron chi connectivity index (χ0n) is 11.1. The topological polar surface area (TPSA) is 42.0 Å². The molecule has 2 amide bonds. The van der Waals surface area contributed by atoms with E-state index in [2.05, 4.69) is 0 Å². The van der Waals surface area contributed by atoms with Gasteiger partial charge in [-0.1, -0.05) is 0 Å². The van der Waals surface area contributed by atoms with Gasteiger partial charge in [-0.05, 0) is 12.1 Å². The molecule has 0 aromatic heterocycles. The molecule has 6 heteroatoms. The first-order chi connectivity index (χ1) is 9.21.